The number of rotatable bonds is 11. The molecule has 3 aromatic rings. The zero-order chi connectivity index (χ0) is 31.3. The fourth-order valence-corrected chi connectivity index (χ4v) is 7.35. The van der Waals surface area contributed by atoms with E-state index in [1.165, 1.54) is 35.7 Å². The molecular weight excluding hydrogens is 606 g/mol. The van der Waals surface area contributed by atoms with Crippen molar-refractivity contribution in [2.75, 3.05) is 76.3 Å². The van der Waals surface area contributed by atoms with Crippen LogP contribution in [0.25, 0.3) is 0 Å². The van der Waals surface area contributed by atoms with Crippen molar-refractivity contribution in [1.29, 1.82) is 0 Å². The number of ether oxygens (including phenoxy) is 1. The normalized spacial score (nSPS) is 16.3. The van der Waals surface area contributed by atoms with Crippen LogP contribution in [0.1, 0.15) is 18.9 Å². The number of carbonyl (C=O) groups is 1. The number of halogens is 3. The molecule has 11 heteroatoms. The highest BCUT2D eigenvalue weighted by atomic mass is 32.2. The number of para-hydroxylation sites is 1. The second kappa shape index (κ2) is 14.5. The second-order valence-corrected chi connectivity index (χ2v) is 13.8. The summed E-state index contributed by atoms with van der Waals surface area (Å²) in [6, 6.07) is 20.1. The van der Waals surface area contributed by atoms with Crippen LogP contribution in [0.2, 0.25) is 0 Å². The van der Waals surface area contributed by atoms with Crippen molar-refractivity contribution in [3.8, 4) is 0 Å². The lowest BCUT2D eigenvalue weighted by Gasteiger charge is -2.36. The molecule has 1 atom stereocenters. The van der Waals surface area contributed by atoms with Crippen LogP contribution in [0.5, 0.6) is 0 Å². The van der Waals surface area contributed by atoms with Gasteiger partial charge in [0.1, 0.15) is 11.9 Å². The summed E-state index contributed by atoms with van der Waals surface area (Å²) < 4.78 is 46.1. The maximum atomic E-state index is 13.5. The molecule has 0 amide bonds. The summed E-state index contributed by atoms with van der Waals surface area (Å²) in [6.07, 6.45) is -3.55. The number of carbonyl (C=O) groups excluding carboxylic acids is 1. The first kappa shape index (κ1) is 32.5. The van der Waals surface area contributed by atoms with Gasteiger partial charge in [0, 0.05) is 73.7 Å². The Bertz CT molecular complexity index is 1410. The van der Waals surface area contributed by atoms with Gasteiger partial charge in [0.25, 0.3) is 0 Å². The van der Waals surface area contributed by atoms with E-state index in [1.54, 1.807) is 6.07 Å². The molecule has 2 heterocycles. The minimum atomic E-state index is -4.38. The highest BCUT2D eigenvalue weighted by molar-refractivity contribution is 8.00. The van der Waals surface area contributed by atoms with Crippen LogP contribution in [-0.2, 0) is 15.7 Å². The van der Waals surface area contributed by atoms with Gasteiger partial charge >= 0.3 is 12.1 Å². The maximum Gasteiger partial charge on any atom is 0.416 e. The average Bonchev–Trinajstić information content (AvgIpc) is 3.01. The summed E-state index contributed by atoms with van der Waals surface area (Å²) in [5.74, 6) is -0.202. The van der Waals surface area contributed by atoms with Crippen molar-refractivity contribution in [2.45, 2.75) is 39.5 Å². The van der Waals surface area contributed by atoms with Gasteiger partial charge in [-0.15, -0.1) is 11.8 Å². The number of hydrogen-bond donors (Lipinski definition) is 0. The number of benzene rings is 3. The fraction of sp³-hybridized carbons (Fsp3) is 0.424. The number of piperazine rings is 1. The number of anilines is 3. The molecule has 44 heavy (non-hydrogen) atoms. The molecule has 0 saturated carbocycles. The molecule has 1 fully saturated rings. The lowest BCUT2D eigenvalue weighted by Crippen LogP contribution is -2.47. The quantitative estimate of drug-likeness (QED) is 0.162. The number of thioether (sulfide) groups is 1. The smallest absolute Gasteiger partial charge is 0.416 e. The Labute approximate surface area is 266 Å². The first-order valence-corrected chi connectivity index (χ1v) is 16.6. The molecule has 236 valence electrons. The van der Waals surface area contributed by atoms with Crippen LogP contribution in [0.15, 0.2) is 81.4 Å². The Hall–Kier alpha value is -2.86. The van der Waals surface area contributed by atoms with E-state index >= 15 is 0 Å². The number of fused-ring (bicyclic) bond motifs is 2. The van der Waals surface area contributed by atoms with E-state index in [0.29, 0.717) is 25.4 Å². The molecule has 2 aliphatic rings. The molecule has 0 spiro atoms. The predicted molar refractivity (Wildman–Crippen MR) is 174 cm³/mol. The lowest BCUT2D eigenvalue weighted by molar-refractivity contribution is -0.143. The van der Waals surface area contributed by atoms with E-state index in [2.05, 4.69) is 9.80 Å². The van der Waals surface area contributed by atoms with Gasteiger partial charge in [0.2, 0.25) is 0 Å². The van der Waals surface area contributed by atoms with E-state index in [0.717, 1.165) is 65.2 Å². The Kier molecular flexibility index (Phi) is 10.7. The predicted octanol–water partition coefficient (Wildman–Crippen LogP) is 7.11. The summed E-state index contributed by atoms with van der Waals surface area (Å²) in [4.78, 5) is 24.3. The summed E-state index contributed by atoms with van der Waals surface area (Å²) in [5, 5.41) is -0.283. The van der Waals surface area contributed by atoms with Crippen LogP contribution in [0.4, 0.5) is 30.2 Å². The highest BCUT2D eigenvalue weighted by Crippen LogP contribution is 2.49. The van der Waals surface area contributed by atoms with Gasteiger partial charge in [-0.05, 0) is 74.5 Å². The number of hydrogen-bond acceptors (Lipinski definition) is 8. The van der Waals surface area contributed by atoms with Gasteiger partial charge in [-0.25, -0.2) is 0 Å². The highest BCUT2D eigenvalue weighted by Gasteiger charge is 2.33. The van der Waals surface area contributed by atoms with Crippen molar-refractivity contribution in [3.05, 3.63) is 72.3 Å². The number of nitrogens with zero attached hydrogens (tertiary/aromatic N) is 4. The lowest BCUT2D eigenvalue weighted by atomic mass is 10.1. The fourth-order valence-electron chi connectivity index (χ4n) is 5.40. The molecule has 0 aromatic heterocycles. The molecule has 0 bridgehead atoms. The first-order valence-electron chi connectivity index (χ1n) is 14.9. The standard InChI is InChI=1S/C33H39F3N4O2S2/c1-24(43-27-12-10-26(11-13-27)37(2)3)32(41)42-22-21-39-19-17-38(18-20-39)15-6-16-40-28-7-4-5-8-30(28)44-31-14-9-25(23-29(31)40)33(34,35)36/h4-5,7-14,23-24H,6,15-22H2,1-3H3. The summed E-state index contributed by atoms with van der Waals surface area (Å²) in [7, 11) is 3.99. The van der Waals surface area contributed by atoms with Crippen LogP contribution in [-0.4, -0.2) is 87.5 Å². The monoisotopic (exact) mass is 644 g/mol. The summed E-state index contributed by atoms with van der Waals surface area (Å²) in [5.41, 5.74) is 2.08. The molecule has 3 aromatic carbocycles. The third-order valence-electron chi connectivity index (χ3n) is 7.92. The SMILES string of the molecule is CC(Sc1ccc(N(C)C)cc1)C(=O)OCCN1CCN(CCCN2c3ccccc3Sc3ccc(C(F)(F)F)cc32)CC1. The van der Waals surface area contributed by atoms with Crippen molar-refractivity contribution in [3.63, 3.8) is 0 Å². The Balaban J connectivity index is 1.05. The minimum Gasteiger partial charge on any atom is -0.463 e. The van der Waals surface area contributed by atoms with Crippen LogP contribution >= 0.6 is 23.5 Å². The van der Waals surface area contributed by atoms with E-state index in [4.69, 9.17) is 4.74 Å². The Morgan fingerprint density at radius 3 is 2.25 bits per heavy atom. The van der Waals surface area contributed by atoms with Gasteiger partial charge in [0.15, 0.2) is 0 Å². The van der Waals surface area contributed by atoms with Crippen molar-refractivity contribution in [2.24, 2.45) is 0 Å². The van der Waals surface area contributed by atoms with Gasteiger partial charge in [-0.3, -0.25) is 9.69 Å². The summed E-state index contributed by atoms with van der Waals surface area (Å²) in [6.45, 7) is 8.05. The molecular formula is C33H39F3N4O2S2. The molecule has 1 unspecified atom stereocenters. The first-order chi connectivity index (χ1) is 21.1. The van der Waals surface area contributed by atoms with Gasteiger partial charge in [0.05, 0.1) is 16.9 Å². The van der Waals surface area contributed by atoms with Crippen molar-refractivity contribution >= 4 is 46.6 Å². The van der Waals surface area contributed by atoms with E-state index < -0.39 is 11.7 Å². The minimum absolute atomic E-state index is 0.202. The number of esters is 1. The Morgan fingerprint density at radius 2 is 1.57 bits per heavy atom. The van der Waals surface area contributed by atoms with Crippen LogP contribution in [0.3, 0.4) is 0 Å². The van der Waals surface area contributed by atoms with Crippen molar-refractivity contribution < 1.29 is 22.7 Å². The number of alkyl halides is 3. The molecule has 0 radical (unpaired) electrons. The molecule has 1 saturated heterocycles. The average molecular weight is 645 g/mol. The third-order valence-corrected chi connectivity index (χ3v) is 10.1. The Morgan fingerprint density at radius 1 is 0.909 bits per heavy atom. The van der Waals surface area contributed by atoms with E-state index in [9.17, 15) is 18.0 Å². The van der Waals surface area contributed by atoms with Crippen LogP contribution in [0, 0.1) is 0 Å². The van der Waals surface area contributed by atoms with Gasteiger partial charge in [-0.2, -0.15) is 13.2 Å². The van der Waals surface area contributed by atoms with Crippen LogP contribution < -0.4 is 9.80 Å². The molecule has 2 aliphatic heterocycles. The summed E-state index contributed by atoms with van der Waals surface area (Å²) >= 11 is 3.02. The molecule has 0 aliphatic carbocycles. The maximum absolute atomic E-state index is 13.5. The third kappa shape index (κ3) is 8.24. The van der Waals surface area contributed by atoms with Crippen molar-refractivity contribution in [1.82, 2.24) is 9.80 Å². The molecule has 5 rings (SSSR count). The zero-order valence-corrected chi connectivity index (χ0v) is 27.0. The van der Waals surface area contributed by atoms with Gasteiger partial charge in [-0.1, -0.05) is 23.9 Å². The van der Waals surface area contributed by atoms with E-state index in [-0.39, 0.29) is 11.2 Å². The van der Waals surface area contributed by atoms with Gasteiger partial charge < -0.3 is 19.4 Å². The topological polar surface area (TPSA) is 39.3 Å². The zero-order valence-electron chi connectivity index (χ0n) is 25.3. The largest absolute Gasteiger partial charge is 0.463 e. The van der Waals surface area contributed by atoms with E-state index in [1.807, 2.05) is 79.3 Å². The molecule has 0 N–H and O–H groups in total. The second-order valence-electron chi connectivity index (χ2n) is 11.3. The molecule has 6 nitrogen and oxygen atoms in total.